The number of hydrogen-bond donors (Lipinski definition) is 1. The van der Waals surface area contributed by atoms with Crippen molar-refractivity contribution in [3.8, 4) is 0 Å². The van der Waals surface area contributed by atoms with Crippen LogP contribution in [-0.4, -0.2) is 51.8 Å². The molecule has 0 saturated carbocycles. The van der Waals surface area contributed by atoms with Gasteiger partial charge in [0.05, 0.1) is 0 Å². The molecular weight excluding hydrogens is 282 g/mol. The first kappa shape index (κ1) is 13.4. The fourth-order valence-corrected chi connectivity index (χ4v) is 4.46. The van der Waals surface area contributed by atoms with Gasteiger partial charge in [-0.1, -0.05) is 0 Å². The van der Waals surface area contributed by atoms with Crippen LogP contribution in [-0.2, 0) is 6.42 Å². The molecule has 0 radical (unpaired) electrons. The number of piperazine rings is 1. The van der Waals surface area contributed by atoms with Crippen LogP contribution in [0.25, 0.3) is 5.65 Å². The Morgan fingerprint density at radius 1 is 1.29 bits per heavy atom. The van der Waals surface area contributed by atoms with Crippen molar-refractivity contribution in [3.63, 3.8) is 0 Å². The van der Waals surface area contributed by atoms with Gasteiger partial charge in [-0.25, -0.2) is 0 Å². The van der Waals surface area contributed by atoms with E-state index in [0.717, 1.165) is 49.3 Å². The van der Waals surface area contributed by atoms with Gasteiger partial charge in [0.25, 0.3) is 0 Å². The lowest BCUT2D eigenvalue weighted by Gasteiger charge is -2.29. The number of thioether (sulfide) groups is 1. The van der Waals surface area contributed by atoms with E-state index in [1.165, 1.54) is 24.3 Å². The molecule has 2 aromatic rings. The third kappa shape index (κ3) is 2.74. The van der Waals surface area contributed by atoms with Crippen LogP contribution < -0.4 is 10.2 Å². The molecule has 2 aromatic heterocycles. The smallest absolute Gasteiger partial charge is 0.162 e. The van der Waals surface area contributed by atoms with Crippen LogP contribution in [0.15, 0.2) is 18.3 Å². The number of pyridine rings is 1. The molecule has 2 fully saturated rings. The molecule has 2 saturated heterocycles. The number of fused-ring (bicyclic) bond motifs is 1. The summed E-state index contributed by atoms with van der Waals surface area (Å²) in [7, 11) is 0. The Balaban J connectivity index is 1.57. The predicted octanol–water partition coefficient (Wildman–Crippen LogP) is 1.58. The summed E-state index contributed by atoms with van der Waals surface area (Å²) in [4.78, 5) is 2.41. The Bertz CT molecular complexity index is 614. The molecular formula is C15H21N5S. The van der Waals surface area contributed by atoms with Crippen molar-refractivity contribution >= 4 is 23.1 Å². The average Bonchev–Trinajstić information content (AvgIpc) is 3.18. The molecule has 1 atom stereocenters. The normalized spacial score (nSPS) is 23.0. The molecule has 1 N–H and O–H groups in total. The Morgan fingerprint density at radius 2 is 2.19 bits per heavy atom. The minimum atomic E-state index is 0.727. The SMILES string of the molecule is c1cn2c(CC3CCCS3)nnc2cc1N1CCNCC1. The molecule has 0 amide bonds. The van der Waals surface area contributed by atoms with E-state index in [-0.39, 0.29) is 0 Å². The fourth-order valence-electron chi connectivity index (χ4n) is 3.20. The molecule has 21 heavy (non-hydrogen) atoms. The predicted molar refractivity (Wildman–Crippen MR) is 87.3 cm³/mol. The standard InChI is InChI=1S/C15H21N5S/c1-2-13(21-9-1)11-15-18-17-14-10-12(3-6-20(14)15)19-7-4-16-5-8-19/h3,6,10,13,16H,1-2,4-5,7-9,11H2. The van der Waals surface area contributed by atoms with Gasteiger partial charge in [-0.05, 0) is 24.7 Å². The van der Waals surface area contributed by atoms with Gasteiger partial charge in [0.1, 0.15) is 5.82 Å². The third-order valence-corrected chi connectivity index (χ3v) is 5.78. The summed E-state index contributed by atoms with van der Waals surface area (Å²) in [5, 5.41) is 12.9. The Kier molecular flexibility index (Phi) is 3.73. The highest BCUT2D eigenvalue weighted by Crippen LogP contribution is 2.29. The lowest BCUT2D eigenvalue weighted by atomic mass is 10.2. The minimum absolute atomic E-state index is 0.727. The van der Waals surface area contributed by atoms with Crippen molar-refractivity contribution in [2.75, 3.05) is 36.8 Å². The third-order valence-electron chi connectivity index (χ3n) is 4.38. The summed E-state index contributed by atoms with van der Waals surface area (Å²) in [5.41, 5.74) is 2.24. The summed E-state index contributed by atoms with van der Waals surface area (Å²) < 4.78 is 2.16. The first-order valence-electron chi connectivity index (χ1n) is 7.81. The summed E-state index contributed by atoms with van der Waals surface area (Å²) in [6.45, 7) is 4.25. The topological polar surface area (TPSA) is 45.5 Å². The van der Waals surface area contributed by atoms with Crippen LogP contribution >= 0.6 is 11.8 Å². The zero-order valence-electron chi connectivity index (χ0n) is 12.2. The summed E-state index contributed by atoms with van der Waals surface area (Å²) >= 11 is 2.08. The van der Waals surface area contributed by atoms with E-state index in [2.05, 4.69) is 54.9 Å². The van der Waals surface area contributed by atoms with Crippen molar-refractivity contribution < 1.29 is 0 Å². The van der Waals surface area contributed by atoms with E-state index < -0.39 is 0 Å². The quantitative estimate of drug-likeness (QED) is 0.933. The molecule has 4 rings (SSSR count). The first-order valence-corrected chi connectivity index (χ1v) is 8.86. The largest absolute Gasteiger partial charge is 0.369 e. The van der Waals surface area contributed by atoms with Crippen LogP contribution in [0.5, 0.6) is 0 Å². The summed E-state index contributed by atoms with van der Waals surface area (Å²) in [6.07, 6.45) is 5.85. The maximum Gasteiger partial charge on any atom is 0.162 e. The summed E-state index contributed by atoms with van der Waals surface area (Å²) in [5.74, 6) is 2.41. The molecule has 112 valence electrons. The second kappa shape index (κ2) is 5.85. The van der Waals surface area contributed by atoms with Crippen LogP contribution in [0.4, 0.5) is 5.69 Å². The maximum atomic E-state index is 4.41. The highest BCUT2D eigenvalue weighted by Gasteiger charge is 2.19. The first-order chi connectivity index (χ1) is 10.4. The Labute approximate surface area is 129 Å². The monoisotopic (exact) mass is 303 g/mol. The van der Waals surface area contributed by atoms with Gasteiger partial charge in [-0.2, -0.15) is 11.8 Å². The highest BCUT2D eigenvalue weighted by molar-refractivity contribution is 8.00. The number of rotatable bonds is 3. The van der Waals surface area contributed by atoms with E-state index in [1.807, 2.05) is 0 Å². The molecule has 6 heteroatoms. The van der Waals surface area contributed by atoms with Gasteiger partial charge < -0.3 is 10.2 Å². The van der Waals surface area contributed by atoms with Crippen LogP contribution in [0.3, 0.4) is 0 Å². The molecule has 0 aromatic carbocycles. The van der Waals surface area contributed by atoms with Gasteiger partial charge in [-0.15, -0.1) is 10.2 Å². The molecule has 4 heterocycles. The second-order valence-electron chi connectivity index (χ2n) is 5.81. The second-order valence-corrected chi connectivity index (χ2v) is 7.21. The molecule has 0 bridgehead atoms. The van der Waals surface area contributed by atoms with Gasteiger partial charge in [-0.3, -0.25) is 4.40 Å². The van der Waals surface area contributed by atoms with Crippen molar-refractivity contribution in [1.82, 2.24) is 19.9 Å². The van der Waals surface area contributed by atoms with Crippen molar-refractivity contribution in [3.05, 3.63) is 24.2 Å². The Morgan fingerprint density at radius 3 is 3.00 bits per heavy atom. The van der Waals surface area contributed by atoms with Crippen molar-refractivity contribution in [2.24, 2.45) is 0 Å². The molecule has 0 aliphatic carbocycles. The number of hydrogen-bond acceptors (Lipinski definition) is 5. The lowest BCUT2D eigenvalue weighted by Crippen LogP contribution is -2.43. The van der Waals surface area contributed by atoms with Gasteiger partial charge in [0.2, 0.25) is 0 Å². The minimum Gasteiger partial charge on any atom is -0.369 e. The molecule has 0 spiro atoms. The number of anilines is 1. The summed E-state index contributed by atoms with van der Waals surface area (Å²) in [6, 6.07) is 4.37. The van der Waals surface area contributed by atoms with Gasteiger partial charge in [0, 0.05) is 55.8 Å². The van der Waals surface area contributed by atoms with Crippen LogP contribution in [0.1, 0.15) is 18.7 Å². The lowest BCUT2D eigenvalue weighted by molar-refractivity contribution is 0.589. The zero-order valence-corrected chi connectivity index (χ0v) is 13.0. The van der Waals surface area contributed by atoms with E-state index in [0.29, 0.717) is 0 Å². The number of nitrogens with zero attached hydrogens (tertiary/aromatic N) is 4. The number of nitrogens with one attached hydrogen (secondary N) is 1. The molecule has 5 nitrogen and oxygen atoms in total. The molecule has 1 unspecified atom stereocenters. The van der Waals surface area contributed by atoms with E-state index >= 15 is 0 Å². The van der Waals surface area contributed by atoms with E-state index in [1.54, 1.807) is 0 Å². The maximum absolute atomic E-state index is 4.41. The van der Waals surface area contributed by atoms with Crippen LogP contribution in [0.2, 0.25) is 0 Å². The fraction of sp³-hybridized carbons (Fsp3) is 0.600. The van der Waals surface area contributed by atoms with Crippen molar-refractivity contribution in [2.45, 2.75) is 24.5 Å². The molecule has 2 aliphatic rings. The number of aromatic nitrogens is 3. The molecule has 2 aliphatic heterocycles. The van der Waals surface area contributed by atoms with E-state index in [4.69, 9.17) is 0 Å². The van der Waals surface area contributed by atoms with Crippen molar-refractivity contribution in [1.29, 1.82) is 0 Å². The van der Waals surface area contributed by atoms with Gasteiger partial charge in [0.15, 0.2) is 5.65 Å². The Hall–Kier alpha value is -1.27. The highest BCUT2D eigenvalue weighted by atomic mass is 32.2. The van der Waals surface area contributed by atoms with Crippen LogP contribution in [0, 0.1) is 0 Å². The average molecular weight is 303 g/mol. The zero-order chi connectivity index (χ0) is 14.1. The van der Waals surface area contributed by atoms with Gasteiger partial charge >= 0.3 is 0 Å². The van der Waals surface area contributed by atoms with E-state index in [9.17, 15) is 0 Å².